The van der Waals surface area contributed by atoms with Crippen molar-refractivity contribution in [2.75, 3.05) is 11.5 Å². The van der Waals surface area contributed by atoms with Crippen LogP contribution in [0, 0.1) is 23.4 Å². The van der Waals surface area contributed by atoms with Crippen molar-refractivity contribution in [2.24, 2.45) is 5.92 Å². The van der Waals surface area contributed by atoms with Crippen molar-refractivity contribution in [1.29, 1.82) is 0 Å². The smallest absolute Gasteiger partial charge is 0.414 e. The third-order valence-corrected chi connectivity index (χ3v) is 6.18. The normalized spacial score (nSPS) is 23.6. The molecule has 150 valence electrons. The van der Waals surface area contributed by atoms with Crippen molar-refractivity contribution in [3.8, 4) is 0 Å². The van der Waals surface area contributed by atoms with Crippen LogP contribution >= 0.6 is 11.3 Å². The number of carbonyl (C=O) groups excluding carboxylic acids is 1. The van der Waals surface area contributed by atoms with E-state index in [1.165, 1.54) is 11.3 Å². The van der Waals surface area contributed by atoms with E-state index in [2.05, 4.69) is 5.32 Å². The van der Waals surface area contributed by atoms with Crippen LogP contribution in [-0.2, 0) is 11.3 Å². The number of hydrogen-bond acceptors (Lipinski definition) is 4. The van der Waals surface area contributed by atoms with Crippen LogP contribution in [-0.4, -0.2) is 24.8 Å². The molecule has 1 N–H and O–H groups in total. The van der Waals surface area contributed by atoms with Crippen LogP contribution in [0.3, 0.4) is 0 Å². The van der Waals surface area contributed by atoms with Gasteiger partial charge in [-0.05, 0) is 55.2 Å². The first-order chi connectivity index (χ1) is 13.5. The topological polar surface area (TPSA) is 41.6 Å². The number of piperidine rings is 1. The second kappa shape index (κ2) is 8.13. The molecule has 4 nitrogen and oxygen atoms in total. The largest absolute Gasteiger partial charge is 0.449 e. The summed E-state index contributed by atoms with van der Waals surface area (Å²) < 4.78 is 47.2. The zero-order valence-electron chi connectivity index (χ0n) is 15.2. The Kier molecular flexibility index (Phi) is 5.59. The molecule has 2 fully saturated rings. The van der Waals surface area contributed by atoms with Gasteiger partial charge in [0.15, 0.2) is 11.6 Å². The molecule has 2 bridgehead atoms. The lowest BCUT2D eigenvalue weighted by Gasteiger charge is -2.29. The minimum absolute atomic E-state index is 0.266. The molecule has 3 heterocycles. The van der Waals surface area contributed by atoms with Crippen molar-refractivity contribution in [1.82, 2.24) is 5.32 Å². The van der Waals surface area contributed by atoms with E-state index < -0.39 is 35.7 Å². The summed E-state index contributed by atoms with van der Waals surface area (Å²) in [5, 5.41) is 6.97. The van der Waals surface area contributed by atoms with Crippen LogP contribution in [0.5, 0.6) is 0 Å². The van der Waals surface area contributed by atoms with Gasteiger partial charge in [-0.15, -0.1) is 0 Å². The third-order valence-electron chi connectivity index (χ3n) is 5.51. The molecule has 2 aliphatic rings. The molecule has 2 aromatic rings. The van der Waals surface area contributed by atoms with E-state index in [1.54, 1.807) is 16.8 Å². The monoisotopic (exact) mass is 410 g/mol. The number of benzene rings is 1. The van der Waals surface area contributed by atoms with Crippen LogP contribution in [0.25, 0.3) is 0 Å². The van der Waals surface area contributed by atoms with Crippen molar-refractivity contribution >= 4 is 23.1 Å². The summed E-state index contributed by atoms with van der Waals surface area (Å²) in [5.74, 6) is -3.07. The van der Waals surface area contributed by atoms with Crippen molar-refractivity contribution in [2.45, 2.75) is 44.3 Å². The molecule has 1 amide bonds. The number of amides is 1. The van der Waals surface area contributed by atoms with Gasteiger partial charge in [0, 0.05) is 23.0 Å². The Hall–Kier alpha value is -2.06. The quantitative estimate of drug-likeness (QED) is 0.718. The van der Waals surface area contributed by atoms with Crippen LogP contribution in [0.1, 0.15) is 31.2 Å². The summed E-state index contributed by atoms with van der Waals surface area (Å²) in [6.07, 6.45) is 3.51. The highest BCUT2D eigenvalue weighted by molar-refractivity contribution is 7.08. The zero-order valence-corrected chi connectivity index (χ0v) is 16.0. The Bertz CT molecular complexity index is 834. The number of halogens is 3. The van der Waals surface area contributed by atoms with Crippen LogP contribution in [0.2, 0.25) is 0 Å². The Labute approximate surface area is 165 Å². The highest BCUT2D eigenvalue weighted by Crippen LogP contribution is 2.31. The third kappa shape index (κ3) is 4.03. The van der Waals surface area contributed by atoms with Crippen LogP contribution < -0.4 is 10.2 Å². The standard InChI is InChI=1S/C20H21F3N2O2S/c21-17-3-4-18(22)19(23)16(17)9-25(15-5-6-28-11-15)20(26)27-10-12-7-13-1-2-14(8-12)24-13/h3-6,11-14,24H,1-2,7-10H2. The number of nitrogens with one attached hydrogen (secondary N) is 1. The lowest BCUT2D eigenvalue weighted by atomic mass is 9.93. The van der Waals surface area contributed by atoms with Crippen molar-refractivity contribution in [3.63, 3.8) is 0 Å². The number of thiophene rings is 1. The van der Waals surface area contributed by atoms with Crippen molar-refractivity contribution < 1.29 is 22.7 Å². The van der Waals surface area contributed by atoms with Crippen LogP contribution in [0.15, 0.2) is 29.0 Å². The zero-order chi connectivity index (χ0) is 19.7. The highest BCUT2D eigenvalue weighted by atomic mass is 32.1. The lowest BCUT2D eigenvalue weighted by Crippen LogP contribution is -2.40. The van der Waals surface area contributed by atoms with Gasteiger partial charge < -0.3 is 10.1 Å². The average Bonchev–Trinajstić information content (AvgIpc) is 3.33. The summed E-state index contributed by atoms with van der Waals surface area (Å²) in [6.45, 7) is -0.176. The second-order valence-electron chi connectivity index (χ2n) is 7.44. The van der Waals surface area contributed by atoms with E-state index in [-0.39, 0.29) is 12.5 Å². The predicted octanol–water partition coefficient (Wildman–Crippen LogP) is 4.84. The highest BCUT2D eigenvalue weighted by Gasteiger charge is 2.34. The number of nitrogens with zero attached hydrogens (tertiary/aromatic N) is 1. The van der Waals surface area contributed by atoms with Gasteiger partial charge in [-0.25, -0.2) is 18.0 Å². The summed E-state index contributed by atoms with van der Waals surface area (Å²) in [7, 11) is 0. The van der Waals surface area contributed by atoms with E-state index in [1.807, 2.05) is 0 Å². The van der Waals surface area contributed by atoms with E-state index in [0.29, 0.717) is 17.8 Å². The van der Waals surface area contributed by atoms with Gasteiger partial charge in [0.05, 0.1) is 18.8 Å². The first kappa shape index (κ1) is 19.3. The van der Waals surface area contributed by atoms with E-state index in [0.717, 1.165) is 42.7 Å². The molecule has 1 aromatic carbocycles. The minimum Gasteiger partial charge on any atom is -0.449 e. The maximum Gasteiger partial charge on any atom is 0.414 e. The molecule has 0 radical (unpaired) electrons. The minimum atomic E-state index is -1.29. The van der Waals surface area contributed by atoms with Crippen LogP contribution in [0.4, 0.5) is 23.7 Å². The molecule has 0 saturated carbocycles. The summed E-state index contributed by atoms with van der Waals surface area (Å²) in [6, 6.07) is 4.20. The number of carbonyl (C=O) groups is 1. The average molecular weight is 410 g/mol. The molecular weight excluding hydrogens is 389 g/mol. The number of rotatable bonds is 5. The number of fused-ring (bicyclic) bond motifs is 2. The number of anilines is 1. The van der Waals surface area contributed by atoms with Gasteiger partial charge in [-0.1, -0.05) is 0 Å². The second-order valence-corrected chi connectivity index (χ2v) is 8.22. The van der Waals surface area contributed by atoms with Gasteiger partial charge >= 0.3 is 6.09 Å². The molecule has 2 atom stereocenters. The van der Waals surface area contributed by atoms with E-state index >= 15 is 0 Å². The Morgan fingerprint density at radius 2 is 1.86 bits per heavy atom. The van der Waals surface area contributed by atoms with Gasteiger partial charge in [-0.2, -0.15) is 11.3 Å². The molecule has 2 unspecified atom stereocenters. The van der Waals surface area contributed by atoms with Gasteiger partial charge in [-0.3, -0.25) is 4.90 Å². The van der Waals surface area contributed by atoms with Crippen molar-refractivity contribution in [3.05, 3.63) is 52.0 Å². The maximum atomic E-state index is 14.1. The predicted molar refractivity (Wildman–Crippen MR) is 101 cm³/mol. The first-order valence-electron chi connectivity index (χ1n) is 9.36. The summed E-state index contributed by atoms with van der Waals surface area (Å²) >= 11 is 1.34. The first-order valence-corrected chi connectivity index (χ1v) is 10.3. The molecule has 2 aliphatic heterocycles. The number of hydrogen-bond donors (Lipinski definition) is 1. The molecule has 0 spiro atoms. The fourth-order valence-corrected chi connectivity index (χ4v) is 4.76. The SMILES string of the molecule is O=C(OCC1CC2CCC(C1)N2)N(Cc1c(F)ccc(F)c1F)c1ccsc1. The van der Waals surface area contributed by atoms with E-state index in [4.69, 9.17) is 4.74 Å². The summed E-state index contributed by atoms with van der Waals surface area (Å²) in [5.41, 5.74) is -0.0356. The molecule has 0 aliphatic carbocycles. The fraction of sp³-hybridized carbons (Fsp3) is 0.450. The fourth-order valence-electron chi connectivity index (χ4n) is 4.12. The number of ether oxygens (including phenoxy) is 1. The van der Waals surface area contributed by atoms with Gasteiger partial charge in [0.2, 0.25) is 0 Å². The molecule has 28 heavy (non-hydrogen) atoms. The maximum absolute atomic E-state index is 14.1. The molecular formula is C20H21F3N2O2S. The van der Waals surface area contributed by atoms with Gasteiger partial charge in [0.1, 0.15) is 5.82 Å². The molecule has 4 rings (SSSR count). The summed E-state index contributed by atoms with van der Waals surface area (Å²) in [4.78, 5) is 13.9. The Morgan fingerprint density at radius 3 is 2.54 bits per heavy atom. The lowest BCUT2D eigenvalue weighted by molar-refractivity contribution is 0.116. The molecule has 8 heteroatoms. The van der Waals surface area contributed by atoms with E-state index in [9.17, 15) is 18.0 Å². The molecule has 2 saturated heterocycles. The molecule has 1 aromatic heterocycles. The van der Waals surface area contributed by atoms with Gasteiger partial charge in [0.25, 0.3) is 0 Å². The Balaban J connectivity index is 1.47. The Morgan fingerprint density at radius 1 is 1.14 bits per heavy atom.